The zero-order valence-electron chi connectivity index (χ0n) is 12.4. The van der Waals surface area contributed by atoms with Gasteiger partial charge in [-0.15, -0.1) is 0 Å². The Bertz CT molecular complexity index is 435. The highest BCUT2D eigenvalue weighted by Crippen LogP contribution is 2.43. The van der Waals surface area contributed by atoms with Gasteiger partial charge >= 0.3 is 0 Å². The van der Waals surface area contributed by atoms with E-state index < -0.39 is 0 Å². The molecule has 1 aromatic rings. The molecule has 106 valence electrons. The van der Waals surface area contributed by atoms with Crippen LogP contribution in [-0.2, 0) is 5.54 Å². The van der Waals surface area contributed by atoms with E-state index in [2.05, 4.69) is 26.8 Å². The lowest BCUT2D eigenvalue weighted by atomic mass is 9.75. The number of benzene rings is 1. The molecule has 0 radical (unpaired) electrons. The molecule has 0 aromatic heterocycles. The van der Waals surface area contributed by atoms with Gasteiger partial charge in [0, 0.05) is 10.6 Å². The quantitative estimate of drug-likeness (QED) is 0.710. The summed E-state index contributed by atoms with van der Waals surface area (Å²) in [7, 11) is 0. The summed E-state index contributed by atoms with van der Waals surface area (Å²) >= 11 is 6.35. The monoisotopic (exact) mass is 279 g/mol. The van der Waals surface area contributed by atoms with Gasteiger partial charge in [-0.1, -0.05) is 57.0 Å². The molecule has 2 rings (SSSR count). The molecule has 1 aliphatic rings. The standard InChI is InChI=1S/C17H26ClN/c1-16(2,3)13-7-6-11-17(19,12-10-13)14-8-4-5-9-15(14)18/h4-5,8-9,13H,6-7,10-12,19H2,1-3H3. The average Bonchev–Trinajstić information content (AvgIpc) is 2.52. The lowest BCUT2D eigenvalue weighted by molar-refractivity contribution is 0.211. The summed E-state index contributed by atoms with van der Waals surface area (Å²) in [6.07, 6.45) is 5.77. The van der Waals surface area contributed by atoms with E-state index in [0.717, 1.165) is 29.3 Å². The number of rotatable bonds is 1. The number of halogens is 1. The summed E-state index contributed by atoms with van der Waals surface area (Å²) in [6.45, 7) is 7.03. The second-order valence-corrected chi connectivity index (χ2v) is 7.54. The van der Waals surface area contributed by atoms with Gasteiger partial charge in [0.15, 0.2) is 0 Å². The zero-order valence-corrected chi connectivity index (χ0v) is 13.1. The summed E-state index contributed by atoms with van der Waals surface area (Å²) in [6, 6.07) is 8.07. The maximum atomic E-state index is 6.70. The molecule has 0 bridgehead atoms. The van der Waals surface area contributed by atoms with Crippen molar-refractivity contribution in [1.82, 2.24) is 0 Å². The fraction of sp³-hybridized carbons (Fsp3) is 0.647. The third-order valence-corrected chi connectivity index (χ3v) is 5.08. The van der Waals surface area contributed by atoms with E-state index in [4.69, 9.17) is 17.3 Å². The minimum Gasteiger partial charge on any atom is -0.321 e. The fourth-order valence-electron chi connectivity index (χ4n) is 3.37. The summed E-state index contributed by atoms with van der Waals surface area (Å²) in [5.74, 6) is 0.764. The normalized spacial score (nSPS) is 29.0. The molecule has 1 nitrogen and oxygen atoms in total. The molecule has 2 heteroatoms. The summed E-state index contributed by atoms with van der Waals surface area (Å²) in [4.78, 5) is 0. The van der Waals surface area contributed by atoms with Crippen molar-refractivity contribution < 1.29 is 0 Å². The van der Waals surface area contributed by atoms with E-state index in [1.165, 1.54) is 19.3 Å². The van der Waals surface area contributed by atoms with Crippen LogP contribution in [0.3, 0.4) is 0 Å². The van der Waals surface area contributed by atoms with Gasteiger partial charge in [-0.3, -0.25) is 0 Å². The van der Waals surface area contributed by atoms with E-state index >= 15 is 0 Å². The highest BCUT2D eigenvalue weighted by atomic mass is 35.5. The van der Waals surface area contributed by atoms with Crippen LogP contribution in [0.4, 0.5) is 0 Å². The first kappa shape index (κ1) is 14.9. The van der Waals surface area contributed by atoms with Gasteiger partial charge in [-0.05, 0) is 48.6 Å². The van der Waals surface area contributed by atoms with Gasteiger partial charge in [-0.25, -0.2) is 0 Å². The maximum Gasteiger partial charge on any atom is 0.0456 e. The van der Waals surface area contributed by atoms with Gasteiger partial charge in [0.2, 0.25) is 0 Å². The van der Waals surface area contributed by atoms with Crippen LogP contribution in [0.25, 0.3) is 0 Å². The van der Waals surface area contributed by atoms with Crippen LogP contribution in [0, 0.1) is 11.3 Å². The van der Waals surface area contributed by atoms with E-state index in [1.54, 1.807) is 0 Å². The van der Waals surface area contributed by atoms with Crippen LogP contribution in [0.15, 0.2) is 24.3 Å². The molecule has 2 N–H and O–H groups in total. The van der Waals surface area contributed by atoms with E-state index in [-0.39, 0.29) is 5.54 Å². The Labute approximate surface area is 122 Å². The van der Waals surface area contributed by atoms with Crippen molar-refractivity contribution in [1.29, 1.82) is 0 Å². The molecular formula is C17H26ClN. The van der Waals surface area contributed by atoms with E-state index in [0.29, 0.717) is 5.41 Å². The first-order valence-electron chi connectivity index (χ1n) is 7.37. The summed E-state index contributed by atoms with van der Waals surface area (Å²) in [5, 5.41) is 0.819. The molecule has 1 aromatic carbocycles. The smallest absolute Gasteiger partial charge is 0.0456 e. The Morgan fingerprint density at radius 1 is 1.16 bits per heavy atom. The van der Waals surface area contributed by atoms with Gasteiger partial charge in [0.25, 0.3) is 0 Å². The minimum absolute atomic E-state index is 0.238. The van der Waals surface area contributed by atoms with Crippen LogP contribution in [0.1, 0.15) is 58.4 Å². The predicted molar refractivity (Wildman–Crippen MR) is 83.3 cm³/mol. The lowest BCUT2D eigenvalue weighted by Gasteiger charge is -2.32. The Kier molecular flexibility index (Phi) is 4.27. The molecular weight excluding hydrogens is 254 g/mol. The Morgan fingerprint density at radius 2 is 1.84 bits per heavy atom. The molecule has 19 heavy (non-hydrogen) atoms. The Hall–Kier alpha value is -0.530. The SMILES string of the molecule is CC(C)(C)C1CCCC(N)(c2ccccc2Cl)CC1. The fourth-order valence-corrected chi connectivity index (χ4v) is 3.69. The van der Waals surface area contributed by atoms with Crippen LogP contribution in [0.5, 0.6) is 0 Å². The summed E-state index contributed by atoms with van der Waals surface area (Å²) < 4.78 is 0. The summed E-state index contributed by atoms with van der Waals surface area (Å²) in [5.41, 5.74) is 7.98. The van der Waals surface area contributed by atoms with Crippen molar-refractivity contribution in [3.05, 3.63) is 34.9 Å². The van der Waals surface area contributed by atoms with Crippen LogP contribution in [0.2, 0.25) is 5.02 Å². The van der Waals surface area contributed by atoms with Crippen LogP contribution < -0.4 is 5.73 Å². The molecule has 2 unspecified atom stereocenters. The van der Waals surface area contributed by atoms with Gasteiger partial charge in [-0.2, -0.15) is 0 Å². The van der Waals surface area contributed by atoms with Crippen molar-refractivity contribution in [2.45, 2.75) is 58.4 Å². The zero-order chi connectivity index (χ0) is 14.1. The molecule has 1 aliphatic carbocycles. The molecule has 0 saturated heterocycles. The molecule has 0 spiro atoms. The Morgan fingerprint density at radius 3 is 2.47 bits per heavy atom. The van der Waals surface area contributed by atoms with Gasteiger partial charge in [0.1, 0.15) is 0 Å². The first-order chi connectivity index (χ1) is 8.83. The third kappa shape index (κ3) is 3.32. The third-order valence-electron chi connectivity index (χ3n) is 4.75. The van der Waals surface area contributed by atoms with E-state index in [9.17, 15) is 0 Å². The molecule has 0 heterocycles. The molecule has 2 atom stereocenters. The Balaban J connectivity index is 2.20. The van der Waals surface area contributed by atoms with Crippen molar-refractivity contribution in [3.8, 4) is 0 Å². The minimum atomic E-state index is -0.238. The number of nitrogens with two attached hydrogens (primary N) is 1. The highest BCUT2D eigenvalue weighted by Gasteiger charge is 2.35. The molecule has 0 aliphatic heterocycles. The van der Waals surface area contributed by atoms with E-state index in [1.807, 2.05) is 18.2 Å². The van der Waals surface area contributed by atoms with Crippen molar-refractivity contribution in [2.24, 2.45) is 17.1 Å². The van der Waals surface area contributed by atoms with Crippen LogP contribution >= 0.6 is 11.6 Å². The number of hydrogen-bond acceptors (Lipinski definition) is 1. The van der Waals surface area contributed by atoms with Crippen molar-refractivity contribution in [3.63, 3.8) is 0 Å². The lowest BCUT2D eigenvalue weighted by Crippen LogP contribution is -2.36. The first-order valence-corrected chi connectivity index (χ1v) is 7.75. The molecule has 1 saturated carbocycles. The topological polar surface area (TPSA) is 26.0 Å². The van der Waals surface area contributed by atoms with Gasteiger partial charge in [0.05, 0.1) is 0 Å². The second-order valence-electron chi connectivity index (χ2n) is 7.13. The van der Waals surface area contributed by atoms with Crippen molar-refractivity contribution in [2.75, 3.05) is 0 Å². The average molecular weight is 280 g/mol. The van der Waals surface area contributed by atoms with Crippen LogP contribution in [-0.4, -0.2) is 0 Å². The number of hydrogen-bond donors (Lipinski definition) is 1. The van der Waals surface area contributed by atoms with Gasteiger partial charge < -0.3 is 5.73 Å². The largest absolute Gasteiger partial charge is 0.321 e. The predicted octanol–water partition coefficient (Wildman–Crippen LogP) is 5.12. The highest BCUT2D eigenvalue weighted by molar-refractivity contribution is 6.31. The van der Waals surface area contributed by atoms with Crippen molar-refractivity contribution >= 4 is 11.6 Å². The second kappa shape index (κ2) is 5.46. The molecule has 0 amide bonds. The maximum absolute atomic E-state index is 6.70. The molecule has 1 fully saturated rings.